The molecule has 0 spiro atoms. The number of rotatable bonds is 6. The SMILES string of the molecule is COc1cccc(-c2cc(C(=O)N3CCCC(C(=O)NCc4ccccn4)C3)no2)c1. The number of piperidine rings is 1. The highest BCUT2D eigenvalue weighted by Gasteiger charge is 2.30. The van der Waals surface area contributed by atoms with Crippen molar-refractivity contribution in [1.29, 1.82) is 0 Å². The van der Waals surface area contributed by atoms with Crippen molar-refractivity contribution in [3.63, 3.8) is 0 Å². The number of hydrogen-bond donors (Lipinski definition) is 1. The van der Waals surface area contributed by atoms with Crippen LogP contribution in [-0.4, -0.2) is 47.1 Å². The van der Waals surface area contributed by atoms with Gasteiger partial charge < -0.3 is 19.5 Å². The lowest BCUT2D eigenvalue weighted by Crippen LogP contribution is -2.45. The molecule has 31 heavy (non-hydrogen) atoms. The first-order valence-corrected chi connectivity index (χ1v) is 10.2. The molecule has 3 aromatic rings. The smallest absolute Gasteiger partial charge is 0.276 e. The maximum Gasteiger partial charge on any atom is 0.276 e. The fraction of sp³-hybridized carbons (Fsp3) is 0.304. The first-order valence-electron chi connectivity index (χ1n) is 10.2. The number of amides is 2. The number of nitrogens with zero attached hydrogens (tertiary/aromatic N) is 3. The number of carbonyl (C=O) groups is 2. The minimum atomic E-state index is -0.258. The van der Waals surface area contributed by atoms with Crippen molar-refractivity contribution in [2.75, 3.05) is 20.2 Å². The van der Waals surface area contributed by atoms with Gasteiger partial charge in [0.15, 0.2) is 11.5 Å². The van der Waals surface area contributed by atoms with Crippen molar-refractivity contribution < 1.29 is 18.8 Å². The maximum atomic E-state index is 13.0. The minimum Gasteiger partial charge on any atom is -0.497 e. The average Bonchev–Trinajstić information content (AvgIpc) is 3.33. The van der Waals surface area contributed by atoms with Gasteiger partial charge in [-0.05, 0) is 37.1 Å². The molecular formula is C23H24N4O4. The molecule has 0 aliphatic carbocycles. The van der Waals surface area contributed by atoms with Crippen molar-refractivity contribution in [2.24, 2.45) is 5.92 Å². The van der Waals surface area contributed by atoms with Crippen LogP contribution in [0, 0.1) is 5.92 Å². The molecule has 1 aliphatic rings. The molecule has 0 bridgehead atoms. The molecule has 1 atom stereocenters. The molecule has 8 nitrogen and oxygen atoms in total. The molecule has 1 saturated heterocycles. The van der Waals surface area contributed by atoms with E-state index in [-0.39, 0.29) is 23.4 Å². The van der Waals surface area contributed by atoms with Gasteiger partial charge in [-0.15, -0.1) is 0 Å². The summed E-state index contributed by atoms with van der Waals surface area (Å²) >= 11 is 0. The summed E-state index contributed by atoms with van der Waals surface area (Å²) in [5.74, 6) is 0.618. The Hall–Kier alpha value is -3.68. The third-order valence-corrected chi connectivity index (χ3v) is 5.33. The Bertz CT molecular complexity index is 1050. The lowest BCUT2D eigenvalue weighted by Gasteiger charge is -2.31. The zero-order valence-electron chi connectivity index (χ0n) is 17.3. The molecule has 1 N–H and O–H groups in total. The van der Waals surface area contributed by atoms with Gasteiger partial charge in [-0.2, -0.15) is 0 Å². The summed E-state index contributed by atoms with van der Waals surface area (Å²) in [4.78, 5) is 31.4. The van der Waals surface area contributed by atoms with Crippen LogP contribution in [0.4, 0.5) is 0 Å². The van der Waals surface area contributed by atoms with E-state index in [0.29, 0.717) is 31.1 Å². The summed E-state index contributed by atoms with van der Waals surface area (Å²) < 4.78 is 10.6. The Kier molecular flexibility index (Phi) is 6.26. The van der Waals surface area contributed by atoms with Crippen molar-refractivity contribution in [2.45, 2.75) is 19.4 Å². The van der Waals surface area contributed by atoms with Crippen LogP contribution in [0.2, 0.25) is 0 Å². The fourth-order valence-electron chi connectivity index (χ4n) is 3.65. The lowest BCUT2D eigenvalue weighted by molar-refractivity contribution is -0.126. The van der Waals surface area contributed by atoms with Gasteiger partial charge in [0.1, 0.15) is 5.75 Å². The van der Waals surface area contributed by atoms with E-state index in [0.717, 1.165) is 24.1 Å². The van der Waals surface area contributed by atoms with Crippen LogP contribution < -0.4 is 10.1 Å². The quantitative estimate of drug-likeness (QED) is 0.659. The molecule has 0 radical (unpaired) electrons. The number of benzene rings is 1. The van der Waals surface area contributed by atoms with E-state index in [1.54, 1.807) is 24.3 Å². The molecule has 1 aliphatic heterocycles. The summed E-state index contributed by atoms with van der Waals surface area (Å²) in [5.41, 5.74) is 1.80. The van der Waals surface area contributed by atoms with Gasteiger partial charge >= 0.3 is 0 Å². The number of aromatic nitrogens is 2. The second kappa shape index (κ2) is 9.42. The number of likely N-dealkylation sites (tertiary alicyclic amines) is 1. The summed E-state index contributed by atoms with van der Waals surface area (Å²) in [5, 5.41) is 6.87. The van der Waals surface area contributed by atoms with Crippen LogP contribution in [0.25, 0.3) is 11.3 Å². The number of pyridine rings is 1. The van der Waals surface area contributed by atoms with Crippen molar-refractivity contribution >= 4 is 11.8 Å². The predicted octanol–water partition coefficient (Wildman–Crippen LogP) is 2.91. The molecule has 3 heterocycles. The van der Waals surface area contributed by atoms with Crippen LogP contribution in [0.15, 0.2) is 59.3 Å². The zero-order valence-corrected chi connectivity index (χ0v) is 17.3. The highest BCUT2D eigenvalue weighted by molar-refractivity contribution is 5.93. The number of ether oxygens (including phenoxy) is 1. The van der Waals surface area contributed by atoms with Crippen molar-refractivity contribution in [3.05, 3.63) is 66.1 Å². The predicted molar refractivity (Wildman–Crippen MR) is 113 cm³/mol. The molecule has 8 heteroatoms. The topological polar surface area (TPSA) is 97.6 Å². The Morgan fingerprint density at radius 3 is 2.94 bits per heavy atom. The van der Waals surface area contributed by atoms with E-state index in [4.69, 9.17) is 9.26 Å². The van der Waals surface area contributed by atoms with Crippen molar-refractivity contribution in [3.8, 4) is 17.1 Å². The number of hydrogen-bond acceptors (Lipinski definition) is 6. The normalized spacial score (nSPS) is 16.0. The fourth-order valence-corrected chi connectivity index (χ4v) is 3.65. The van der Waals surface area contributed by atoms with E-state index in [2.05, 4.69) is 15.5 Å². The number of carbonyl (C=O) groups excluding carboxylic acids is 2. The highest BCUT2D eigenvalue weighted by Crippen LogP contribution is 2.26. The maximum absolute atomic E-state index is 13.0. The Morgan fingerprint density at radius 1 is 1.23 bits per heavy atom. The summed E-state index contributed by atoms with van der Waals surface area (Å²) in [7, 11) is 1.59. The summed E-state index contributed by atoms with van der Waals surface area (Å²) in [6.07, 6.45) is 3.19. The zero-order chi connectivity index (χ0) is 21.6. The van der Waals surface area contributed by atoms with Gasteiger partial charge in [-0.1, -0.05) is 23.4 Å². The highest BCUT2D eigenvalue weighted by atomic mass is 16.5. The van der Waals surface area contributed by atoms with E-state index >= 15 is 0 Å². The van der Waals surface area contributed by atoms with Crippen LogP contribution >= 0.6 is 0 Å². The van der Waals surface area contributed by atoms with E-state index in [1.807, 2.05) is 42.5 Å². The van der Waals surface area contributed by atoms with E-state index < -0.39 is 0 Å². The Labute approximate surface area is 180 Å². The third kappa shape index (κ3) is 4.91. The first-order chi connectivity index (χ1) is 15.1. The van der Waals surface area contributed by atoms with E-state index in [9.17, 15) is 9.59 Å². The molecule has 1 unspecified atom stereocenters. The summed E-state index contributed by atoms with van der Waals surface area (Å²) in [6.45, 7) is 1.32. The molecule has 0 saturated carbocycles. The standard InChI is InChI=1S/C23H24N4O4/c1-30-19-9-4-6-16(12-19)21-13-20(26-31-21)23(29)27-11-5-7-17(15-27)22(28)25-14-18-8-2-3-10-24-18/h2-4,6,8-10,12-13,17H,5,7,11,14-15H2,1H3,(H,25,28). The van der Waals surface area contributed by atoms with Gasteiger partial charge in [-0.3, -0.25) is 14.6 Å². The van der Waals surface area contributed by atoms with Gasteiger partial charge in [0.25, 0.3) is 5.91 Å². The van der Waals surface area contributed by atoms with Crippen LogP contribution in [-0.2, 0) is 11.3 Å². The molecule has 4 rings (SSSR count). The monoisotopic (exact) mass is 420 g/mol. The average molecular weight is 420 g/mol. The van der Waals surface area contributed by atoms with Gasteiger partial charge in [-0.25, -0.2) is 0 Å². The van der Waals surface area contributed by atoms with Gasteiger partial charge in [0.2, 0.25) is 5.91 Å². The third-order valence-electron chi connectivity index (χ3n) is 5.33. The van der Waals surface area contributed by atoms with E-state index in [1.165, 1.54) is 0 Å². The molecule has 1 aromatic carbocycles. The molecule has 2 amide bonds. The number of nitrogens with one attached hydrogen (secondary N) is 1. The van der Waals surface area contributed by atoms with Gasteiger partial charge in [0.05, 0.1) is 25.3 Å². The van der Waals surface area contributed by atoms with Crippen molar-refractivity contribution in [1.82, 2.24) is 20.4 Å². The second-order valence-corrected chi connectivity index (χ2v) is 7.44. The molecule has 160 valence electrons. The molecular weight excluding hydrogens is 396 g/mol. The molecule has 2 aromatic heterocycles. The van der Waals surface area contributed by atoms with Crippen LogP contribution in [0.3, 0.4) is 0 Å². The minimum absolute atomic E-state index is 0.0691. The lowest BCUT2D eigenvalue weighted by atomic mass is 9.96. The Morgan fingerprint density at radius 2 is 2.13 bits per heavy atom. The largest absolute Gasteiger partial charge is 0.497 e. The Balaban J connectivity index is 1.38. The first kappa shape index (κ1) is 20.6. The second-order valence-electron chi connectivity index (χ2n) is 7.44. The van der Waals surface area contributed by atoms with Crippen LogP contribution in [0.5, 0.6) is 5.75 Å². The summed E-state index contributed by atoms with van der Waals surface area (Å²) in [6, 6.07) is 14.6. The number of methoxy groups -OCH3 is 1. The molecule has 1 fully saturated rings. The van der Waals surface area contributed by atoms with Crippen LogP contribution in [0.1, 0.15) is 29.0 Å². The van der Waals surface area contributed by atoms with Gasteiger partial charge in [0, 0.05) is 30.9 Å².